The zero-order chi connectivity index (χ0) is 16.5. The molecule has 0 aliphatic carbocycles. The van der Waals surface area contributed by atoms with Crippen LogP contribution in [0.25, 0.3) is 6.08 Å². The minimum atomic E-state index is -0.437. The van der Waals surface area contributed by atoms with E-state index in [-0.39, 0.29) is 6.61 Å². The Morgan fingerprint density at radius 3 is 2.70 bits per heavy atom. The highest BCUT2D eigenvalue weighted by Gasteiger charge is 2.01. The molecular weight excluding hydrogens is 335 g/mol. The van der Waals surface area contributed by atoms with Crippen LogP contribution < -0.4 is 5.32 Å². The third kappa shape index (κ3) is 6.30. The summed E-state index contributed by atoms with van der Waals surface area (Å²) in [6.07, 6.45) is 3.95. The van der Waals surface area contributed by atoms with Crippen LogP contribution in [0.3, 0.4) is 0 Å². The molecule has 0 atom stereocenters. The first-order valence-electron chi connectivity index (χ1n) is 7.08. The van der Waals surface area contributed by atoms with E-state index in [1.807, 2.05) is 42.5 Å². The average Bonchev–Trinajstić information content (AvgIpc) is 2.55. The molecule has 1 heterocycles. The Kier molecular flexibility index (Phi) is 6.91. The maximum atomic E-state index is 11.5. The summed E-state index contributed by atoms with van der Waals surface area (Å²) in [5.41, 5.74) is 1.73. The van der Waals surface area contributed by atoms with Crippen molar-refractivity contribution >= 4 is 35.4 Å². The quantitative estimate of drug-likeness (QED) is 0.605. The van der Waals surface area contributed by atoms with E-state index in [0.29, 0.717) is 23.3 Å². The van der Waals surface area contributed by atoms with Gasteiger partial charge >= 0.3 is 6.09 Å². The minimum absolute atomic E-state index is 0.258. The molecule has 0 aliphatic heterocycles. The van der Waals surface area contributed by atoms with E-state index in [0.717, 1.165) is 11.1 Å². The Morgan fingerprint density at radius 1 is 1.17 bits per heavy atom. The van der Waals surface area contributed by atoms with Gasteiger partial charge in [0.05, 0.1) is 0 Å². The average molecular weight is 351 g/mol. The number of amides is 1. The van der Waals surface area contributed by atoms with Crippen molar-refractivity contribution in [2.24, 2.45) is 0 Å². The molecule has 23 heavy (non-hydrogen) atoms. The minimum Gasteiger partial charge on any atom is -0.445 e. The highest BCUT2D eigenvalue weighted by Crippen LogP contribution is 2.17. The number of carbonyl (C=O) groups is 1. The SMILES string of the molecule is O=C(NCCC=Cc1ccc(Cl)nc1Cl)OCc1ccccc1. The monoisotopic (exact) mass is 350 g/mol. The summed E-state index contributed by atoms with van der Waals surface area (Å²) in [6.45, 7) is 0.733. The van der Waals surface area contributed by atoms with E-state index in [1.165, 1.54) is 0 Å². The lowest BCUT2D eigenvalue weighted by atomic mass is 10.2. The molecule has 2 aromatic rings. The molecule has 6 heteroatoms. The van der Waals surface area contributed by atoms with Crippen LogP contribution in [0.5, 0.6) is 0 Å². The Hall–Kier alpha value is -2.04. The van der Waals surface area contributed by atoms with Crippen molar-refractivity contribution < 1.29 is 9.53 Å². The number of nitrogens with zero attached hydrogens (tertiary/aromatic N) is 1. The molecule has 0 bridgehead atoms. The molecule has 0 saturated carbocycles. The molecule has 1 N–H and O–H groups in total. The second-order valence-electron chi connectivity index (χ2n) is 4.69. The van der Waals surface area contributed by atoms with Gasteiger partial charge in [0.1, 0.15) is 16.9 Å². The summed E-state index contributed by atoms with van der Waals surface area (Å²) in [4.78, 5) is 15.5. The first kappa shape index (κ1) is 17.3. The lowest BCUT2D eigenvalue weighted by Crippen LogP contribution is -2.24. The first-order valence-corrected chi connectivity index (χ1v) is 7.84. The number of aromatic nitrogens is 1. The van der Waals surface area contributed by atoms with E-state index in [4.69, 9.17) is 27.9 Å². The van der Waals surface area contributed by atoms with Gasteiger partial charge in [0, 0.05) is 12.1 Å². The number of rotatable bonds is 6. The third-order valence-electron chi connectivity index (χ3n) is 2.93. The summed E-state index contributed by atoms with van der Waals surface area (Å²) in [5, 5.41) is 3.39. The molecule has 1 amide bonds. The van der Waals surface area contributed by atoms with Gasteiger partial charge in [-0.3, -0.25) is 0 Å². The van der Waals surface area contributed by atoms with Crippen molar-refractivity contribution in [1.29, 1.82) is 0 Å². The summed E-state index contributed by atoms with van der Waals surface area (Å²) in [7, 11) is 0. The number of nitrogens with one attached hydrogen (secondary N) is 1. The van der Waals surface area contributed by atoms with Crippen LogP contribution in [0.1, 0.15) is 17.5 Å². The lowest BCUT2D eigenvalue weighted by molar-refractivity contribution is 0.140. The van der Waals surface area contributed by atoms with Crippen LogP contribution in [0.15, 0.2) is 48.5 Å². The van der Waals surface area contributed by atoms with Crippen LogP contribution in [-0.4, -0.2) is 17.6 Å². The van der Waals surface area contributed by atoms with E-state index >= 15 is 0 Å². The molecule has 0 radical (unpaired) electrons. The number of benzene rings is 1. The third-order valence-corrected chi connectivity index (χ3v) is 3.45. The van der Waals surface area contributed by atoms with Crippen molar-refractivity contribution in [3.8, 4) is 0 Å². The van der Waals surface area contributed by atoms with E-state index in [1.54, 1.807) is 12.1 Å². The fraction of sp³-hybridized carbons (Fsp3) is 0.176. The van der Waals surface area contributed by atoms with Crippen LogP contribution in [0, 0.1) is 0 Å². The second kappa shape index (κ2) is 9.18. The smallest absolute Gasteiger partial charge is 0.407 e. The molecule has 0 spiro atoms. The second-order valence-corrected chi connectivity index (χ2v) is 5.44. The number of hydrogen-bond acceptors (Lipinski definition) is 3. The Bertz CT molecular complexity index is 676. The van der Waals surface area contributed by atoms with Gasteiger partial charge in [0.25, 0.3) is 0 Å². The summed E-state index contributed by atoms with van der Waals surface area (Å²) < 4.78 is 5.11. The van der Waals surface area contributed by atoms with Crippen molar-refractivity contribution in [3.05, 3.63) is 70.0 Å². The number of ether oxygens (including phenoxy) is 1. The maximum absolute atomic E-state index is 11.5. The van der Waals surface area contributed by atoms with E-state index < -0.39 is 6.09 Å². The molecule has 0 aliphatic rings. The Morgan fingerprint density at radius 2 is 1.96 bits per heavy atom. The number of pyridine rings is 1. The van der Waals surface area contributed by atoms with Crippen molar-refractivity contribution in [2.45, 2.75) is 13.0 Å². The van der Waals surface area contributed by atoms with Gasteiger partial charge in [-0.15, -0.1) is 0 Å². The van der Waals surface area contributed by atoms with Crippen LogP contribution in [-0.2, 0) is 11.3 Å². The largest absolute Gasteiger partial charge is 0.445 e. The standard InChI is InChI=1S/C17H16Cl2N2O2/c18-15-10-9-14(16(19)21-15)8-4-5-11-20-17(22)23-12-13-6-2-1-3-7-13/h1-4,6-10H,5,11-12H2,(H,20,22). The summed E-state index contributed by atoms with van der Waals surface area (Å²) in [6, 6.07) is 13.0. The zero-order valence-corrected chi connectivity index (χ0v) is 13.8. The Labute approximate surface area is 145 Å². The van der Waals surface area contributed by atoms with E-state index in [9.17, 15) is 4.79 Å². The van der Waals surface area contributed by atoms with Gasteiger partial charge in [-0.05, 0) is 24.1 Å². The van der Waals surface area contributed by atoms with Gasteiger partial charge in [-0.1, -0.05) is 65.7 Å². The highest BCUT2D eigenvalue weighted by atomic mass is 35.5. The van der Waals surface area contributed by atoms with Crippen molar-refractivity contribution in [3.63, 3.8) is 0 Å². The van der Waals surface area contributed by atoms with Crippen LogP contribution in [0.4, 0.5) is 4.79 Å². The highest BCUT2D eigenvalue weighted by molar-refractivity contribution is 6.33. The van der Waals surface area contributed by atoms with Crippen molar-refractivity contribution in [2.75, 3.05) is 6.54 Å². The fourth-order valence-electron chi connectivity index (χ4n) is 1.79. The zero-order valence-electron chi connectivity index (χ0n) is 12.3. The number of carbonyl (C=O) groups excluding carboxylic acids is 1. The number of alkyl carbamates (subject to hydrolysis) is 1. The van der Waals surface area contributed by atoms with E-state index in [2.05, 4.69) is 10.3 Å². The van der Waals surface area contributed by atoms with Gasteiger partial charge in [-0.25, -0.2) is 9.78 Å². The molecule has 4 nitrogen and oxygen atoms in total. The summed E-state index contributed by atoms with van der Waals surface area (Å²) in [5.74, 6) is 0. The molecular formula is C17H16Cl2N2O2. The van der Waals surface area contributed by atoms with Crippen LogP contribution >= 0.6 is 23.2 Å². The number of halogens is 2. The predicted octanol–water partition coefficient (Wildman–Crippen LogP) is 4.72. The predicted molar refractivity (Wildman–Crippen MR) is 92.5 cm³/mol. The first-order chi connectivity index (χ1) is 11.1. The molecule has 1 aromatic carbocycles. The van der Waals surface area contributed by atoms with Crippen molar-refractivity contribution in [1.82, 2.24) is 10.3 Å². The van der Waals surface area contributed by atoms with Crippen LogP contribution in [0.2, 0.25) is 10.3 Å². The van der Waals surface area contributed by atoms with Gasteiger partial charge in [-0.2, -0.15) is 0 Å². The van der Waals surface area contributed by atoms with Gasteiger partial charge in [0.2, 0.25) is 0 Å². The summed E-state index contributed by atoms with van der Waals surface area (Å²) >= 11 is 11.7. The van der Waals surface area contributed by atoms with Gasteiger partial charge in [0.15, 0.2) is 0 Å². The van der Waals surface area contributed by atoms with Gasteiger partial charge < -0.3 is 10.1 Å². The molecule has 0 unspecified atom stereocenters. The Balaban J connectivity index is 1.66. The molecule has 120 valence electrons. The lowest BCUT2D eigenvalue weighted by Gasteiger charge is -2.05. The molecule has 1 aromatic heterocycles. The normalized spacial score (nSPS) is 10.7. The topological polar surface area (TPSA) is 51.2 Å². The molecule has 0 saturated heterocycles. The molecule has 0 fully saturated rings. The number of hydrogen-bond donors (Lipinski definition) is 1. The fourth-order valence-corrected chi connectivity index (χ4v) is 2.20. The molecule has 2 rings (SSSR count). The maximum Gasteiger partial charge on any atom is 0.407 e.